The van der Waals surface area contributed by atoms with Crippen LogP contribution in [-0.2, 0) is 0 Å². The zero-order valence-electron chi connectivity index (χ0n) is 9.81. The maximum Gasteiger partial charge on any atom is 0.197 e. The molecule has 0 fully saturated rings. The summed E-state index contributed by atoms with van der Waals surface area (Å²) < 4.78 is 15.7. The fourth-order valence-electron chi connectivity index (χ4n) is 1.64. The van der Waals surface area contributed by atoms with Gasteiger partial charge in [-0.3, -0.25) is 4.79 Å². The molecule has 0 amide bonds. The smallest absolute Gasteiger partial charge is 0.197 e. The molecule has 0 saturated heterocycles. The van der Waals surface area contributed by atoms with Crippen molar-refractivity contribution in [3.8, 4) is 0 Å². The van der Waals surface area contributed by atoms with Gasteiger partial charge in [-0.05, 0) is 52.7 Å². The molecule has 0 bridgehead atoms. The Balaban J connectivity index is 2.56. The highest BCUT2D eigenvalue weighted by atomic mass is 79.9. The molecule has 0 unspecified atom stereocenters. The third-order valence-electron chi connectivity index (χ3n) is 2.69. The first kappa shape index (κ1) is 14.9. The SMILES string of the molecule is Cc1cc(Br)c(C(=O)c2cccc(Br)c2F)cc1Br. The number of rotatable bonds is 2. The van der Waals surface area contributed by atoms with E-state index in [2.05, 4.69) is 47.8 Å². The van der Waals surface area contributed by atoms with Gasteiger partial charge in [-0.2, -0.15) is 0 Å². The van der Waals surface area contributed by atoms with E-state index >= 15 is 0 Å². The molecule has 0 saturated carbocycles. The molecule has 0 spiro atoms. The summed E-state index contributed by atoms with van der Waals surface area (Å²) in [4.78, 5) is 12.4. The van der Waals surface area contributed by atoms with E-state index in [-0.39, 0.29) is 15.8 Å². The van der Waals surface area contributed by atoms with Crippen LogP contribution >= 0.6 is 47.8 Å². The van der Waals surface area contributed by atoms with Gasteiger partial charge in [0.25, 0.3) is 0 Å². The second kappa shape index (κ2) is 5.85. The van der Waals surface area contributed by atoms with E-state index in [4.69, 9.17) is 0 Å². The molecular weight excluding hydrogens is 443 g/mol. The summed E-state index contributed by atoms with van der Waals surface area (Å²) in [6.07, 6.45) is 0. The maximum absolute atomic E-state index is 14.0. The summed E-state index contributed by atoms with van der Waals surface area (Å²) in [6.45, 7) is 1.92. The van der Waals surface area contributed by atoms with E-state index < -0.39 is 5.82 Å². The van der Waals surface area contributed by atoms with Crippen molar-refractivity contribution < 1.29 is 9.18 Å². The lowest BCUT2D eigenvalue weighted by Crippen LogP contribution is -2.06. The van der Waals surface area contributed by atoms with Crippen molar-refractivity contribution in [1.82, 2.24) is 0 Å². The Kier molecular flexibility index (Phi) is 4.58. The van der Waals surface area contributed by atoms with Crippen molar-refractivity contribution in [2.24, 2.45) is 0 Å². The van der Waals surface area contributed by atoms with Gasteiger partial charge in [0.1, 0.15) is 5.82 Å². The molecule has 2 aromatic carbocycles. The Labute approximate surface area is 135 Å². The first-order valence-electron chi connectivity index (χ1n) is 5.36. The molecule has 98 valence electrons. The topological polar surface area (TPSA) is 17.1 Å². The first-order valence-corrected chi connectivity index (χ1v) is 7.74. The number of carbonyl (C=O) groups is 1. The van der Waals surface area contributed by atoms with Crippen LogP contribution in [-0.4, -0.2) is 5.78 Å². The second-order valence-electron chi connectivity index (χ2n) is 4.01. The van der Waals surface area contributed by atoms with Gasteiger partial charge in [0.15, 0.2) is 5.78 Å². The molecule has 2 rings (SSSR count). The van der Waals surface area contributed by atoms with Crippen LogP contribution in [0.5, 0.6) is 0 Å². The van der Waals surface area contributed by atoms with E-state index in [1.165, 1.54) is 6.07 Å². The molecule has 0 aliphatic carbocycles. The molecule has 0 aliphatic rings. The van der Waals surface area contributed by atoms with E-state index in [9.17, 15) is 9.18 Å². The minimum absolute atomic E-state index is 0.0471. The third-order valence-corrected chi connectivity index (χ3v) is 4.81. The second-order valence-corrected chi connectivity index (χ2v) is 6.57. The Morgan fingerprint density at radius 2 is 1.68 bits per heavy atom. The van der Waals surface area contributed by atoms with Gasteiger partial charge < -0.3 is 0 Å². The summed E-state index contributed by atoms with van der Waals surface area (Å²) >= 11 is 9.81. The molecule has 0 heterocycles. The molecule has 2 aromatic rings. The molecular formula is C14H8Br3FO. The Morgan fingerprint density at radius 3 is 2.37 bits per heavy atom. The Hall–Kier alpha value is -0.520. The van der Waals surface area contributed by atoms with E-state index in [0.717, 1.165) is 10.0 Å². The highest BCUT2D eigenvalue weighted by Gasteiger charge is 2.19. The van der Waals surface area contributed by atoms with Gasteiger partial charge in [-0.15, -0.1) is 0 Å². The van der Waals surface area contributed by atoms with E-state index in [1.54, 1.807) is 18.2 Å². The molecule has 19 heavy (non-hydrogen) atoms. The van der Waals surface area contributed by atoms with Crippen molar-refractivity contribution in [2.45, 2.75) is 6.92 Å². The predicted octanol–water partition coefficient (Wildman–Crippen LogP) is 5.65. The van der Waals surface area contributed by atoms with Crippen LogP contribution in [0, 0.1) is 12.7 Å². The number of ketones is 1. The van der Waals surface area contributed by atoms with Crippen LogP contribution in [0.4, 0.5) is 4.39 Å². The molecule has 5 heteroatoms. The van der Waals surface area contributed by atoms with Crippen LogP contribution in [0.1, 0.15) is 21.5 Å². The molecule has 0 radical (unpaired) electrons. The molecule has 1 nitrogen and oxygen atoms in total. The normalized spacial score (nSPS) is 10.6. The number of halogens is 4. The van der Waals surface area contributed by atoms with Crippen LogP contribution in [0.15, 0.2) is 43.7 Å². The maximum atomic E-state index is 14.0. The highest BCUT2D eigenvalue weighted by Crippen LogP contribution is 2.29. The molecule has 0 aromatic heterocycles. The quantitative estimate of drug-likeness (QED) is 0.540. The van der Waals surface area contributed by atoms with Crippen molar-refractivity contribution in [1.29, 1.82) is 0 Å². The number of hydrogen-bond acceptors (Lipinski definition) is 1. The standard InChI is InChI=1S/C14H8Br3FO/c1-7-5-12(17)9(6-11(7)16)14(19)8-3-2-4-10(15)13(8)18/h2-6H,1H3. The van der Waals surface area contributed by atoms with Crippen molar-refractivity contribution in [3.63, 3.8) is 0 Å². The minimum atomic E-state index is -0.545. The fourth-order valence-corrected chi connectivity index (χ4v) is 2.99. The van der Waals surface area contributed by atoms with Crippen LogP contribution < -0.4 is 0 Å². The lowest BCUT2D eigenvalue weighted by Gasteiger charge is -2.08. The van der Waals surface area contributed by atoms with Crippen LogP contribution in [0.3, 0.4) is 0 Å². The summed E-state index contributed by atoms with van der Waals surface area (Å²) in [5.74, 6) is -0.900. The lowest BCUT2D eigenvalue weighted by molar-refractivity contribution is 0.103. The Bertz CT molecular complexity index is 668. The van der Waals surface area contributed by atoms with Gasteiger partial charge in [-0.25, -0.2) is 4.39 Å². The van der Waals surface area contributed by atoms with Crippen LogP contribution in [0.25, 0.3) is 0 Å². The zero-order valence-corrected chi connectivity index (χ0v) is 14.6. The first-order chi connectivity index (χ1) is 8.91. The van der Waals surface area contributed by atoms with Gasteiger partial charge >= 0.3 is 0 Å². The number of aryl methyl sites for hydroxylation is 1. The van der Waals surface area contributed by atoms with Gasteiger partial charge in [0, 0.05) is 14.5 Å². The summed E-state index contributed by atoms with van der Waals surface area (Å²) in [7, 11) is 0. The third kappa shape index (κ3) is 2.98. The summed E-state index contributed by atoms with van der Waals surface area (Å²) in [5, 5.41) is 0. The molecule has 0 aliphatic heterocycles. The van der Waals surface area contributed by atoms with Gasteiger partial charge in [-0.1, -0.05) is 37.9 Å². The lowest BCUT2D eigenvalue weighted by atomic mass is 10.0. The van der Waals surface area contributed by atoms with Crippen molar-refractivity contribution >= 4 is 53.6 Å². The van der Waals surface area contributed by atoms with Gasteiger partial charge in [0.2, 0.25) is 0 Å². The average Bonchev–Trinajstić information content (AvgIpc) is 2.36. The Morgan fingerprint density at radius 1 is 1.00 bits per heavy atom. The monoisotopic (exact) mass is 448 g/mol. The largest absolute Gasteiger partial charge is 0.288 e. The summed E-state index contributed by atoms with van der Waals surface area (Å²) in [6, 6.07) is 8.20. The highest BCUT2D eigenvalue weighted by molar-refractivity contribution is 9.11. The van der Waals surface area contributed by atoms with Gasteiger partial charge in [0.05, 0.1) is 10.0 Å². The van der Waals surface area contributed by atoms with E-state index in [0.29, 0.717) is 10.0 Å². The average molecular weight is 451 g/mol. The fraction of sp³-hybridized carbons (Fsp3) is 0.0714. The molecule has 0 N–H and O–H groups in total. The number of benzene rings is 2. The minimum Gasteiger partial charge on any atom is -0.288 e. The predicted molar refractivity (Wildman–Crippen MR) is 84.1 cm³/mol. The van der Waals surface area contributed by atoms with Crippen molar-refractivity contribution in [2.75, 3.05) is 0 Å². The van der Waals surface area contributed by atoms with Crippen molar-refractivity contribution in [3.05, 3.63) is 66.3 Å². The van der Waals surface area contributed by atoms with Crippen LogP contribution in [0.2, 0.25) is 0 Å². The molecule has 0 atom stereocenters. The number of hydrogen-bond donors (Lipinski definition) is 0. The number of carbonyl (C=O) groups excluding carboxylic acids is 1. The zero-order chi connectivity index (χ0) is 14.2. The van der Waals surface area contributed by atoms with E-state index in [1.807, 2.05) is 13.0 Å². The summed E-state index contributed by atoms with van der Waals surface area (Å²) in [5.41, 5.74) is 1.47.